The monoisotopic (exact) mass is 232 g/mol. The first kappa shape index (κ1) is 15.1. The first-order chi connectivity index (χ1) is 6.94. The molecule has 0 aliphatic heterocycles. The van der Waals surface area contributed by atoms with E-state index in [2.05, 4.69) is 27.7 Å². The van der Waals surface area contributed by atoms with E-state index >= 15 is 0 Å². The second kappa shape index (κ2) is 7.42. The Morgan fingerprint density at radius 1 is 1.13 bits per heavy atom. The molecule has 0 aromatic carbocycles. The third-order valence-corrected chi connectivity index (χ3v) is 4.92. The fourth-order valence-electron chi connectivity index (χ4n) is 2.07. The van der Waals surface area contributed by atoms with Crippen LogP contribution in [0.2, 0.25) is 5.54 Å². The maximum Gasteiger partial charge on any atom is 0.324 e. The van der Waals surface area contributed by atoms with Gasteiger partial charge in [0.2, 0.25) is 0 Å². The van der Waals surface area contributed by atoms with Crippen LogP contribution in [-0.4, -0.2) is 23.5 Å². The van der Waals surface area contributed by atoms with Gasteiger partial charge < -0.3 is 8.85 Å². The molecule has 0 aromatic rings. The van der Waals surface area contributed by atoms with Crippen LogP contribution in [0.25, 0.3) is 0 Å². The zero-order valence-corrected chi connectivity index (χ0v) is 12.5. The van der Waals surface area contributed by atoms with Crippen molar-refractivity contribution in [2.24, 2.45) is 5.41 Å². The Kier molecular flexibility index (Phi) is 7.48. The predicted octanol–water partition coefficient (Wildman–Crippen LogP) is 3.50. The van der Waals surface area contributed by atoms with Gasteiger partial charge >= 0.3 is 9.28 Å². The van der Waals surface area contributed by atoms with E-state index in [9.17, 15) is 0 Å². The van der Waals surface area contributed by atoms with Crippen molar-refractivity contribution in [3.63, 3.8) is 0 Å². The van der Waals surface area contributed by atoms with Gasteiger partial charge in [-0.3, -0.25) is 0 Å². The molecule has 0 saturated heterocycles. The number of hydrogen-bond acceptors (Lipinski definition) is 2. The summed E-state index contributed by atoms with van der Waals surface area (Å²) in [6, 6.07) is 0. The molecular weight excluding hydrogens is 204 g/mol. The molecule has 2 nitrogen and oxygen atoms in total. The van der Waals surface area contributed by atoms with Crippen LogP contribution in [-0.2, 0) is 8.85 Å². The number of hydrogen-bond donors (Lipinski definition) is 0. The first-order valence-corrected chi connectivity index (χ1v) is 7.61. The van der Waals surface area contributed by atoms with Crippen LogP contribution in [0.15, 0.2) is 0 Å². The lowest BCUT2D eigenvalue weighted by Crippen LogP contribution is -2.29. The SMILES string of the molecule is CCCCC(CC(C)(C)C)[SiH](OC)OC. The van der Waals surface area contributed by atoms with E-state index in [1.165, 1.54) is 25.7 Å². The summed E-state index contributed by atoms with van der Waals surface area (Å²) < 4.78 is 11.0. The highest BCUT2D eigenvalue weighted by molar-refractivity contribution is 6.46. The first-order valence-electron chi connectivity index (χ1n) is 6.00. The summed E-state index contributed by atoms with van der Waals surface area (Å²) >= 11 is 0. The normalized spacial score (nSPS) is 14.6. The molecule has 0 aliphatic carbocycles. The van der Waals surface area contributed by atoms with E-state index in [4.69, 9.17) is 8.85 Å². The smallest absolute Gasteiger partial charge is 0.324 e. The van der Waals surface area contributed by atoms with Gasteiger partial charge in [-0.1, -0.05) is 40.5 Å². The molecule has 0 aliphatic rings. The molecule has 0 amide bonds. The van der Waals surface area contributed by atoms with Gasteiger partial charge in [0, 0.05) is 19.8 Å². The zero-order chi connectivity index (χ0) is 11.9. The highest BCUT2D eigenvalue weighted by Gasteiger charge is 2.28. The molecule has 92 valence electrons. The van der Waals surface area contributed by atoms with Crippen LogP contribution in [0.1, 0.15) is 53.4 Å². The number of unbranched alkanes of at least 4 members (excludes halogenated alkanes) is 1. The van der Waals surface area contributed by atoms with Crippen molar-refractivity contribution in [1.29, 1.82) is 0 Å². The van der Waals surface area contributed by atoms with E-state index in [0.29, 0.717) is 11.0 Å². The largest absolute Gasteiger partial charge is 0.400 e. The zero-order valence-electron chi connectivity index (χ0n) is 11.3. The molecule has 0 saturated carbocycles. The topological polar surface area (TPSA) is 18.5 Å². The fraction of sp³-hybridized carbons (Fsp3) is 1.00. The summed E-state index contributed by atoms with van der Waals surface area (Å²) in [6.45, 7) is 9.12. The third-order valence-electron chi connectivity index (χ3n) is 2.65. The molecule has 0 fully saturated rings. The Morgan fingerprint density at radius 2 is 1.67 bits per heavy atom. The van der Waals surface area contributed by atoms with E-state index in [1.54, 1.807) is 14.2 Å². The second-order valence-electron chi connectivity index (χ2n) is 5.51. The molecule has 0 aromatic heterocycles. The molecule has 1 unspecified atom stereocenters. The molecule has 0 heterocycles. The predicted molar refractivity (Wildman–Crippen MR) is 68.5 cm³/mol. The van der Waals surface area contributed by atoms with Crippen LogP contribution in [0, 0.1) is 5.41 Å². The van der Waals surface area contributed by atoms with Crippen molar-refractivity contribution in [2.45, 2.75) is 58.9 Å². The van der Waals surface area contributed by atoms with Crippen molar-refractivity contribution in [1.82, 2.24) is 0 Å². The fourth-order valence-corrected chi connectivity index (χ4v) is 4.44. The molecule has 15 heavy (non-hydrogen) atoms. The van der Waals surface area contributed by atoms with Gasteiger partial charge in [-0.2, -0.15) is 0 Å². The summed E-state index contributed by atoms with van der Waals surface area (Å²) in [6.07, 6.45) is 5.02. The Bertz CT molecular complexity index is 150. The lowest BCUT2D eigenvalue weighted by atomic mass is 9.89. The van der Waals surface area contributed by atoms with E-state index in [-0.39, 0.29) is 0 Å². The minimum absolute atomic E-state index is 0.376. The van der Waals surface area contributed by atoms with Crippen LogP contribution in [0.3, 0.4) is 0 Å². The maximum absolute atomic E-state index is 5.52. The van der Waals surface area contributed by atoms with Crippen molar-refractivity contribution >= 4 is 9.28 Å². The average molecular weight is 232 g/mol. The Balaban J connectivity index is 4.28. The molecule has 0 rings (SSSR count). The highest BCUT2D eigenvalue weighted by Crippen LogP contribution is 2.33. The van der Waals surface area contributed by atoms with Gasteiger partial charge in [-0.15, -0.1) is 0 Å². The third kappa shape index (κ3) is 7.09. The molecule has 0 N–H and O–H groups in total. The Labute approximate surface area is 97.2 Å². The summed E-state index contributed by atoms with van der Waals surface area (Å²) in [5, 5.41) is 0. The van der Waals surface area contributed by atoms with Crippen LogP contribution in [0.5, 0.6) is 0 Å². The highest BCUT2D eigenvalue weighted by atomic mass is 28.3. The molecule has 0 spiro atoms. The Morgan fingerprint density at radius 3 is 2.00 bits per heavy atom. The van der Waals surface area contributed by atoms with Gasteiger partial charge in [0.25, 0.3) is 0 Å². The summed E-state index contributed by atoms with van der Waals surface area (Å²) in [7, 11) is 2.15. The lowest BCUT2D eigenvalue weighted by Gasteiger charge is -2.29. The van der Waals surface area contributed by atoms with Gasteiger partial charge in [0.05, 0.1) is 0 Å². The van der Waals surface area contributed by atoms with Gasteiger partial charge in [0.1, 0.15) is 0 Å². The molecule has 3 heteroatoms. The van der Waals surface area contributed by atoms with E-state index < -0.39 is 9.28 Å². The van der Waals surface area contributed by atoms with Gasteiger partial charge in [0.15, 0.2) is 0 Å². The number of rotatable bonds is 7. The summed E-state index contributed by atoms with van der Waals surface area (Å²) in [5.41, 5.74) is 1.03. The quantitative estimate of drug-likeness (QED) is 0.626. The van der Waals surface area contributed by atoms with Gasteiger partial charge in [-0.25, -0.2) is 0 Å². The van der Waals surface area contributed by atoms with Crippen LogP contribution >= 0.6 is 0 Å². The molecular formula is C12H28O2Si. The maximum atomic E-state index is 5.52. The van der Waals surface area contributed by atoms with E-state index in [1.807, 2.05) is 0 Å². The molecule has 1 atom stereocenters. The molecule has 0 bridgehead atoms. The Hall–Kier alpha value is 0.137. The van der Waals surface area contributed by atoms with Crippen LogP contribution < -0.4 is 0 Å². The minimum atomic E-state index is -1.44. The van der Waals surface area contributed by atoms with Crippen LogP contribution in [0.4, 0.5) is 0 Å². The lowest BCUT2D eigenvalue weighted by molar-refractivity contribution is 0.240. The summed E-state index contributed by atoms with van der Waals surface area (Å²) in [5.74, 6) is 0. The second-order valence-corrected chi connectivity index (χ2v) is 8.13. The van der Waals surface area contributed by atoms with Crippen molar-refractivity contribution < 1.29 is 8.85 Å². The van der Waals surface area contributed by atoms with Crippen molar-refractivity contribution in [3.8, 4) is 0 Å². The van der Waals surface area contributed by atoms with Gasteiger partial charge in [-0.05, 0) is 18.3 Å². The van der Waals surface area contributed by atoms with Crippen molar-refractivity contribution in [3.05, 3.63) is 0 Å². The minimum Gasteiger partial charge on any atom is -0.400 e. The van der Waals surface area contributed by atoms with Crippen molar-refractivity contribution in [2.75, 3.05) is 14.2 Å². The molecule has 0 radical (unpaired) electrons. The summed E-state index contributed by atoms with van der Waals surface area (Å²) in [4.78, 5) is 0. The van der Waals surface area contributed by atoms with E-state index in [0.717, 1.165) is 0 Å². The average Bonchev–Trinajstić information content (AvgIpc) is 2.13. The standard InChI is InChI=1S/C12H28O2Si/c1-7-8-9-11(10-12(2,3)4)15(13-5)14-6/h11,15H,7-10H2,1-6H3.